The Bertz CT molecular complexity index is 1150. The number of hydrogen-bond donors (Lipinski definition) is 0. The highest BCUT2D eigenvalue weighted by Gasteiger charge is 2.30. The SMILES string of the molecule is Cc1cc2nccn2nc1N1CCN(S(=O)(=O)c2ccc3c(c2)CCO3)CC1. The molecule has 0 N–H and O–H groups in total. The number of hydrogen-bond acceptors (Lipinski definition) is 6. The van der Waals surface area contributed by atoms with Crippen molar-refractivity contribution in [2.45, 2.75) is 18.2 Å². The van der Waals surface area contributed by atoms with E-state index in [0.717, 1.165) is 34.8 Å². The molecular formula is C19H21N5O3S. The number of ether oxygens (including phenoxy) is 1. The molecule has 0 atom stereocenters. The quantitative estimate of drug-likeness (QED) is 0.664. The van der Waals surface area contributed by atoms with E-state index in [4.69, 9.17) is 4.74 Å². The summed E-state index contributed by atoms with van der Waals surface area (Å²) in [5, 5.41) is 4.64. The van der Waals surface area contributed by atoms with E-state index in [2.05, 4.69) is 15.0 Å². The van der Waals surface area contributed by atoms with E-state index in [-0.39, 0.29) is 0 Å². The first-order chi connectivity index (χ1) is 13.5. The van der Waals surface area contributed by atoms with Crippen molar-refractivity contribution in [1.29, 1.82) is 0 Å². The lowest BCUT2D eigenvalue weighted by Crippen LogP contribution is -2.49. The third-order valence-corrected chi connectivity index (χ3v) is 7.28. The number of aryl methyl sites for hydroxylation is 1. The number of fused-ring (bicyclic) bond motifs is 2. The molecule has 0 amide bonds. The van der Waals surface area contributed by atoms with E-state index in [1.165, 1.54) is 0 Å². The Hall–Kier alpha value is -2.65. The van der Waals surface area contributed by atoms with Gasteiger partial charge in [-0.25, -0.2) is 17.9 Å². The van der Waals surface area contributed by atoms with Crippen molar-refractivity contribution in [1.82, 2.24) is 18.9 Å². The maximum Gasteiger partial charge on any atom is 0.243 e. The minimum absolute atomic E-state index is 0.347. The van der Waals surface area contributed by atoms with Crippen LogP contribution in [0.15, 0.2) is 41.6 Å². The molecule has 4 heterocycles. The smallest absolute Gasteiger partial charge is 0.243 e. The molecule has 9 heteroatoms. The Morgan fingerprint density at radius 2 is 1.93 bits per heavy atom. The molecule has 1 saturated heterocycles. The summed E-state index contributed by atoms with van der Waals surface area (Å²) in [4.78, 5) is 6.74. The maximum absolute atomic E-state index is 13.1. The lowest BCUT2D eigenvalue weighted by atomic mass is 10.2. The summed E-state index contributed by atoms with van der Waals surface area (Å²) in [6, 6.07) is 7.16. The zero-order valence-corrected chi connectivity index (χ0v) is 16.4. The van der Waals surface area contributed by atoms with Crippen molar-refractivity contribution in [3.8, 4) is 5.75 Å². The first-order valence-electron chi connectivity index (χ1n) is 9.34. The highest BCUT2D eigenvalue weighted by molar-refractivity contribution is 7.89. The minimum atomic E-state index is -3.51. The fourth-order valence-corrected chi connectivity index (χ4v) is 5.33. The molecule has 0 spiro atoms. The van der Waals surface area contributed by atoms with E-state index in [1.54, 1.807) is 33.2 Å². The first-order valence-corrected chi connectivity index (χ1v) is 10.8. The molecule has 3 aromatic rings. The summed E-state index contributed by atoms with van der Waals surface area (Å²) >= 11 is 0. The topological polar surface area (TPSA) is 80.0 Å². The number of piperazine rings is 1. The molecule has 5 rings (SSSR count). The molecule has 0 bridgehead atoms. The Kier molecular flexibility index (Phi) is 4.02. The van der Waals surface area contributed by atoms with Gasteiger partial charge >= 0.3 is 0 Å². The molecule has 2 aliphatic heterocycles. The highest BCUT2D eigenvalue weighted by Crippen LogP contribution is 2.29. The van der Waals surface area contributed by atoms with E-state index in [9.17, 15) is 8.42 Å². The Morgan fingerprint density at radius 3 is 2.75 bits per heavy atom. The number of imidazole rings is 1. The van der Waals surface area contributed by atoms with Crippen molar-refractivity contribution in [3.05, 3.63) is 47.8 Å². The fourth-order valence-electron chi connectivity index (χ4n) is 3.86. The van der Waals surface area contributed by atoms with Crippen LogP contribution in [-0.2, 0) is 16.4 Å². The third kappa shape index (κ3) is 2.82. The molecule has 0 aliphatic carbocycles. The van der Waals surface area contributed by atoms with Crippen LogP contribution in [0.1, 0.15) is 11.1 Å². The summed E-state index contributed by atoms with van der Waals surface area (Å²) in [5.74, 6) is 1.66. The fraction of sp³-hybridized carbons (Fsp3) is 0.368. The van der Waals surface area contributed by atoms with Crippen LogP contribution in [0.5, 0.6) is 5.75 Å². The first kappa shape index (κ1) is 17.4. The lowest BCUT2D eigenvalue weighted by Gasteiger charge is -2.35. The molecular weight excluding hydrogens is 378 g/mol. The van der Waals surface area contributed by atoms with Gasteiger partial charge < -0.3 is 9.64 Å². The van der Waals surface area contributed by atoms with Gasteiger partial charge in [-0.15, -0.1) is 5.10 Å². The maximum atomic E-state index is 13.1. The van der Waals surface area contributed by atoms with Crippen LogP contribution in [0.4, 0.5) is 5.82 Å². The largest absolute Gasteiger partial charge is 0.493 e. The average Bonchev–Trinajstić information content (AvgIpc) is 3.35. The van der Waals surface area contributed by atoms with Gasteiger partial charge in [-0.3, -0.25) is 0 Å². The van der Waals surface area contributed by atoms with Crippen molar-refractivity contribution < 1.29 is 13.2 Å². The zero-order chi connectivity index (χ0) is 19.3. The predicted octanol–water partition coefficient (Wildman–Crippen LogP) is 1.48. The number of anilines is 1. The lowest BCUT2D eigenvalue weighted by molar-refractivity contribution is 0.356. The zero-order valence-electron chi connectivity index (χ0n) is 15.6. The number of nitrogens with zero attached hydrogens (tertiary/aromatic N) is 5. The Labute approximate surface area is 163 Å². The van der Waals surface area contributed by atoms with Crippen LogP contribution in [0, 0.1) is 6.92 Å². The second-order valence-corrected chi connectivity index (χ2v) is 9.08. The van der Waals surface area contributed by atoms with Crippen LogP contribution in [-0.4, -0.2) is 60.1 Å². The highest BCUT2D eigenvalue weighted by atomic mass is 32.2. The van der Waals surface area contributed by atoms with Crippen LogP contribution >= 0.6 is 0 Å². The standard InChI is InChI=1S/C19H21N5O3S/c1-14-12-18-20-5-6-24(18)21-19(14)22-7-9-23(10-8-22)28(25,26)16-2-3-17-15(13-16)4-11-27-17/h2-3,5-6,12-13H,4,7-11H2,1H3. The van der Waals surface area contributed by atoms with Gasteiger partial charge in [0.1, 0.15) is 5.75 Å². The van der Waals surface area contributed by atoms with Gasteiger partial charge in [-0.05, 0) is 42.3 Å². The van der Waals surface area contributed by atoms with E-state index < -0.39 is 10.0 Å². The number of aromatic nitrogens is 3. The van der Waals surface area contributed by atoms with Gasteiger partial charge in [-0.2, -0.15) is 4.31 Å². The molecule has 28 heavy (non-hydrogen) atoms. The van der Waals surface area contributed by atoms with Gasteiger partial charge in [0.2, 0.25) is 10.0 Å². The number of rotatable bonds is 3. The van der Waals surface area contributed by atoms with Crippen molar-refractivity contribution in [3.63, 3.8) is 0 Å². The van der Waals surface area contributed by atoms with Gasteiger partial charge in [-0.1, -0.05) is 0 Å². The predicted molar refractivity (Wildman–Crippen MR) is 104 cm³/mol. The molecule has 2 aromatic heterocycles. The number of sulfonamides is 1. The Balaban J connectivity index is 1.35. The van der Waals surface area contributed by atoms with Gasteiger partial charge in [0.05, 0.1) is 11.5 Å². The average molecular weight is 399 g/mol. The van der Waals surface area contributed by atoms with Gasteiger partial charge in [0, 0.05) is 45.0 Å². The number of benzene rings is 1. The molecule has 1 fully saturated rings. The molecule has 0 unspecified atom stereocenters. The van der Waals surface area contributed by atoms with Crippen LogP contribution < -0.4 is 9.64 Å². The minimum Gasteiger partial charge on any atom is -0.493 e. The second kappa shape index (κ2) is 6.46. The molecule has 2 aliphatic rings. The summed E-state index contributed by atoms with van der Waals surface area (Å²) < 4.78 is 34.9. The normalized spacial score (nSPS) is 17.7. The molecule has 0 saturated carbocycles. The molecule has 0 radical (unpaired) electrons. The molecule has 1 aromatic carbocycles. The van der Waals surface area contributed by atoms with Crippen LogP contribution in [0.3, 0.4) is 0 Å². The third-order valence-electron chi connectivity index (χ3n) is 5.39. The van der Waals surface area contributed by atoms with Crippen molar-refractivity contribution >= 4 is 21.5 Å². The van der Waals surface area contributed by atoms with E-state index in [1.807, 2.05) is 19.2 Å². The van der Waals surface area contributed by atoms with Crippen LogP contribution in [0.2, 0.25) is 0 Å². The second-order valence-electron chi connectivity index (χ2n) is 7.14. The van der Waals surface area contributed by atoms with Gasteiger partial charge in [0.25, 0.3) is 0 Å². The summed E-state index contributed by atoms with van der Waals surface area (Å²) in [5.41, 5.74) is 2.81. The van der Waals surface area contributed by atoms with E-state index in [0.29, 0.717) is 37.7 Å². The summed E-state index contributed by atoms with van der Waals surface area (Å²) in [6.45, 7) is 4.68. The molecule has 146 valence electrons. The monoisotopic (exact) mass is 399 g/mol. The van der Waals surface area contributed by atoms with Crippen LogP contribution in [0.25, 0.3) is 5.65 Å². The Morgan fingerprint density at radius 1 is 1.11 bits per heavy atom. The van der Waals surface area contributed by atoms with Crippen molar-refractivity contribution in [2.24, 2.45) is 0 Å². The van der Waals surface area contributed by atoms with Gasteiger partial charge in [0.15, 0.2) is 11.5 Å². The molecule has 8 nitrogen and oxygen atoms in total. The summed E-state index contributed by atoms with van der Waals surface area (Å²) in [6.07, 6.45) is 4.29. The summed E-state index contributed by atoms with van der Waals surface area (Å²) in [7, 11) is -3.51. The van der Waals surface area contributed by atoms with Crippen molar-refractivity contribution in [2.75, 3.05) is 37.7 Å². The van der Waals surface area contributed by atoms with E-state index >= 15 is 0 Å².